The monoisotopic (exact) mass is 444 g/mol. The van der Waals surface area contributed by atoms with Gasteiger partial charge in [0.15, 0.2) is 0 Å². The van der Waals surface area contributed by atoms with Crippen molar-refractivity contribution in [3.8, 4) is 23.0 Å². The molecule has 0 spiro atoms. The molecular formula is C25H16O8. The van der Waals surface area contributed by atoms with Gasteiger partial charge >= 0.3 is 23.9 Å². The third-order valence-corrected chi connectivity index (χ3v) is 5.66. The van der Waals surface area contributed by atoms with Gasteiger partial charge in [-0.1, -0.05) is 0 Å². The highest BCUT2D eigenvalue weighted by molar-refractivity contribution is 6.15. The molecule has 0 aliphatic carbocycles. The van der Waals surface area contributed by atoms with Crippen LogP contribution < -0.4 is 9.47 Å². The second kappa shape index (κ2) is 7.30. The largest absolute Gasteiger partial charge is 0.457 e. The molecule has 2 aliphatic rings. The van der Waals surface area contributed by atoms with Crippen molar-refractivity contribution in [2.24, 2.45) is 0 Å². The molecular weight excluding hydrogens is 428 g/mol. The van der Waals surface area contributed by atoms with E-state index in [0.29, 0.717) is 23.0 Å². The van der Waals surface area contributed by atoms with Crippen LogP contribution >= 0.6 is 0 Å². The quantitative estimate of drug-likeness (QED) is 0.417. The summed E-state index contributed by atoms with van der Waals surface area (Å²) in [7, 11) is 0. The van der Waals surface area contributed by atoms with Crippen molar-refractivity contribution in [3.63, 3.8) is 0 Å². The molecule has 8 heteroatoms. The molecule has 5 rings (SSSR count). The Morgan fingerprint density at radius 2 is 1.06 bits per heavy atom. The molecule has 33 heavy (non-hydrogen) atoms. The lowest BCUT2D eigenvalue weighted by Gasteiger charge is -2.18. The van der Waals surface area contributed by atoms with E-state index in [9.17, 15) is 19.2 Å². The van der Waals surface area contributed by atoms with Gasteiger partial charge in [0.1, 0.15) is 23.0 Å². The van der Waals surface area contributed by atoms with Crippen molar-refractivity contribution in [2.45, 2.75) is 20.8 Å². The molecule has 0 saturated carbocycles. The first-order valence-electron chi connectivity index (χ1n) is 10.0. The lowest BCUT2D eigenvalue weighted by molar-refractivity contribution is 0.0425. The Kier molecular flexibility index (Phi) is 4.52. The summed E-state index contributed by atoms with van der Waals surface area (Å²) in [5, 5.41) is 0. The molecule has 0 saturated heterocycles. The third kappa shape index (κ3) is 3.32. The SMILES string of the molecule is Cc1cc(Oc2ccc3c(c2)C(=O)OC3=O)c(C)c(C)c1Oc1ccc2c(c1)C(=O)OC2=O. The summed E-state index contributed by atoms with van der Waals surface area (Å²) >= 11 is 0. The van der Waals surface area contributed by atoms with Crippen LogP contribution in [0.3, 0.4) is 0 Å². The molecule has 2 aliphatic heterocycles. The van der Waals surface area contributed by atoms with Crippen molar-refractivity contribution in [3.05, 3.63) is 81.4 Å². The molecule has 0 atom stereocenters. The van der Waals surface area contributed by atoms with E-state index in [2.05, 4.69) is 9.47 Å². The Bertz CT molecular complexity index is 1420. The molecule has 0 N–H and O–H groups in total. The van der Waals surface area contributed by atoms with Gasteiger partial charge in [0.05, 0.1) is 22.3 Å². The van der Waals surface area contributed by atoms with Gasteiger partial charge in [-0.25, -0.2) is 19.2 Å². The summed E-state index contributed by atoms with van der Waals surface area (Å²) in [6, 6.07) is 10.9. The molecule has 8 nitrogen and oxygen atoms in total. The van der Waals surface area contributed by atoms with Crippen molar-refractivity contribution in [2.75, 3.05) is 0 Å². The van der Waals surface area contributed by atoms with E-state index in [0.717, 1.165) is 16.7 Å². The number of carbonyl (C=O) groups excluding carboxylic acids is 4. The van der Waals surface area contributed by atoms with Gasteiger partial charge in [-0.15, -0.1) is 0 Å². The van der Waals surface area contributed by atoms with E-state index in [-0.39, 0.29) is 22.3 Å². The number of benzene rings is 3. The summed E-state index contributed by atoms with van der Waals surface area (Å²) in [5.41, 5.74) is 3.12. The molecule has 0 bridgehead atoms. The first-order valence-corrected chi connectivity index (χ1v) is 10.0. The topological polar surface area (TPSA) is 105 Å². The van der Waals surface area contributed by atoms with Crippen LogP contribution in [-0.4, -0.2) is 23.9 Å². The number of hydrogen-bond donors (Lipinski definition) is 0. The normalized spacial score (nSPS) is 14.0. The van der Waals surface area contributed by atoms with Crippen molar-refractivity contribution < 1.29 is 38.1 Å². The predicted octanol–water partition coefficient (Wildman–Crippen LogP) is 4.82. The van der Waals surface area contributed by atoms with Crippen LogP contribution in [0.15, 0.2) is 42.5 Å². The number of carbonyl (C=O) groups is 4. The Hall–Kier alpha value is -4.46. The first-order chi connectivity index (χ1) is 15.7. The van der Waals surface area contributed by atoms with Gasteiger partial charge < -0.3 is 18.9 Å². The first kappa shape index (κ1) is 20.4. The van der Waals surface area contributed by atoms with Crippen molar-refractivity contribution in [1.29, 1.82) is 0 Å². The Morgan fingerprint density at radius 3 is 1.61 bits per heavy atom. The number of rotatable bonds is 4. The van der Waals surface area contributed by atoms with Crippen LogP contribution in [0.25, 0.3) is 0 Å². The Balaban J connectivity index is 1.44. The van der Waals surface area contributed by atoms with E-state index < -0.39 is 23.9 Å². The molecule has 0 fully saturated rings. The zero-order chi connectivity index (χ0) is 23.4. The maximum absolute atomic E-state index is 11.8. The van der Waals surface area contributed by atoms with Crippen LogP contribution in [0.5, 0.6) is 23.0 Å². The zero-order valence-electron chi connectivity index (χ0n) is 17.8. The highest BCUT2D eigenvalue weighted by Gasteiger charge is 2.31. The van der Waals surface area contributed by atoms with E-state index in [1.165, 1.54) is 24.3 Å². The minimum Gasteiger partial charge on any atom is -0.457 e. The number of cyclic esters (lactones) is 4. The smallest absolute Gasteiger partial charge is 0.347 e. The number of ether oxygens (including phenoxy) is 4. The standard InChI is InChI=1S/C25H16O8/c1-11-8-20(30-14-4-6-16-18(9-14)24(28)32-22(16)26)12(2)13(3)21(11)31-15-5-7-17-19(10-15)25(29)33-23(17)27/h4-10H,1-3H3. The fourth-order valence-electron chi connectivity index (χ4n) is 3.78. The molecule has 3 aromatic carbocycles. The van der Waals surface area contributed by atoms with Crippen LogP contribution in [0.1, 0.15) is 58.1 Å². The fourth-order valence-corrected chi connectivity index (χ4v) is 3.78. The highest BCUT2D eigenvalue weighted by Crippen LogP contribution is 2.39. The number of esters is 4. The Morgan fingerprint density at radius 1 is 0.576 bits per heavy atom. The second-order valence-corrected chi connectivity index (χ2v) is 7.74. The zero-order valence-corrected chi connectivity index (χ0v) is 17.8. The number of aryl methyl sites for hydroxylation is 1. The van der Waals surface area contributed by atoms with Gasteiger partial charge in [0.2, 0.25) is 0 Å². The van der Waals surface area contributed by atoms with Crippen molar-refractivity contribution >= 4 is 23.9 Å². The predicted molar refractivity (Wildman–Crippen MR) is 113 cm³/mol. The Labute approximate surface area is 187 Å². The molecule has 0 radical (unpaired) electrons. The summed E-state index contributed by atoms with van der Waals surface area (Å²) in [4.78, 5) is 46.9. The lowest BCUT2D eigenvalue weighted by Crippen LogP contribution is -1.99. The summed E-state index contributed by atoms with van der Waals surface area (Å²) in [6.07, 6.45) is 0. The average Bonchev–Trinajstić information content (AvgIpc) is 3.23. The van der Waals surface area contributed by atoms with Gasteiger partial charge in [-0.05, 0) is 79.9 Å². The fraction of sp³-hybridized carbons (Fsp3) is 0.120. The molecule has 2 heterocycles. The van der Waals surface area contributed by atoms with Crippen molar-refractivity contribution in [1.82, 2.24) is 0 Å². The summed E-state index contributed by atoms with van der Waals surface area (Å²) < 4.78 is 21.3. The maximum Gasteiger partial charge on any atom is 0.347 e. The van der Waals surface area contributed by atoms with Crippen LogP contribution in [0.4, 0.5) is 0 Å². The van der Waals surface area contributed by atoms with Crippen LogP contribution in [-0.2, 0) is 9.47 Å². The van der Waals surface area contributed by atoms with E-state index in [1.54, 1.807) is 18.2 Å². The van der Waals surface area contributed by atoms with Crippen LogP contribution in [0, 0.1) is 20.8 Å². The average molecular weight is 444 g/mol. The van der Waals surface area contributed by atoms with E-state index in [4.69, 9.17) is 9.47 Å². The van der Waals surface area contributed by atoms with Crippen LogP contribution in [0.2, 0.25) is 0 Å². The van der Waals surface area contributed by atoms with E-state index >= 15 is 0 Å². The van der Waals surface area contributed by atoms with Gasteiger partial charge in [-0.3, -0.25) is 0 Å². The number of fused-ring (bicyclic) bond motifs is 2. The minimum atomic E-state index is -0.701. The van der Waals surface area contributed by atoms with Gasteiger partial charge in [0, 0.05) is 0 Å². The van der Waals surface area contributed by atoms with E-state index in [1.807, 2.05) is 20.8 Å². The van der Waals surface area contributed by atoms with Gasteiger partial charge in [0.25, 0.3) is 0 Å². The number of hydrogen-bond acceptors (Lipinski definition) is 8. The molecule has 0 aromatic heterocycles. The summed E-state index contributed by atoms with van der Waals surface area (Å²) in [5.74, 6) is -0.828. The lowest BCUT2D eigenvalue weighted by atomic mass is 10.0. The minimum absolute atomic E-state index is 0.164. The highest BCUT2D eigenvalue weighted by atomic mass is 16.6. The molecule has 3 aromatic rings. The molecule has 0 amide bonds. The molecule has 164 valence electrons. The second-order valence-electron chi connectivity index (χ2n) is 7.74. The molecule has 0 unspecified atom stereocenters. The third-order valence-electron chi connectivity index (χ3n) is 5.66. The summed E-state index contributed by atoms with van der Waals surface area (Å²) in [6.45, 7) is 5.58. The van der Waals surface area contributed by atoms with Gasteiger partial charge in [-0.2, -0.15) is 0 Å². The maximum atomic E-state index is 11.8.